The Hall–Kier alpha value is -1.05. The summed E-state index contributed by atoms with van der Waals surface area (Å²) < 4.78 is 18.8. The normalized spacial score (nSPS) is 13.1. The lowest BCUT2D eigenvalue weighted by Crippen LogP contribution is -2.11. The average molecular weight is 226 g/mol. The first-order chi connectivity index (χ1) is 7.67. The maximum Gasteiger partial charge on any atom is 0.126 e. The van der Waals surface area contributed by atoms with Gasteiger partial charge in [0.25, 0.3) is 0 Å². The molecule has 0 aliphatic carbocycles. The fraction of sp³-hybridized carbons (Fsp3) is 0.571. The van der Waals surface area contributed by atoms with E-state index in [2.05, 4.69) is 20.4 Å². The number of ether oxygens (including phenoxy) is 1. The minimum atomic E-state index is -0.361. The number of halogens is 1. The largest absolute Gasteiger partial charge is 0.491 e. The molecule has 1 nitrogen and oxygen atoms in total. The molecule has 0 aromatic carbocycles. The van der Waals surface area contributed by atoms with Crippen molar-refractivity contribution >= 4 is 0 Å². The molecule has 0 N–H and O–H groups in total. The predicted molar refractivity (Wildman–Crippen MR) is 67.8 cm³/mol. The highest BCUT2D eigenvalue weighted by molar-refractivity contribution is 5.20. The molecule has 0 fully saturated rings. The third-order valence-corrected chi connectivity index (χ3v) is 2.28. The lowest BCUT2D eigenvalue weighted by atomic mass is 10.1. The molecule has 0 heterocycles. The van der Waals surface area contributed by atoms with Crippen LogP contribution in [0.25, 0.3) is 0 Å². The molecule has 0 aromatic heterocycles. The molecule has 16 heavy (non-hydrogen) atoms. The second-order valence-electron chi connectivity index (χ2n) is 3.74. The van der Waals surface area contributed by atoms with Crippen molar-refractivity contribution in [1.29, 1.82) is 0 Å². The van der Waals surface area contributed by atoms with Crippen molar-refractivity contribution in [3.63, 3.8) is 0 Å². The van der Waals surface area contributed by atoms with Gasteiger partial charge in [0.1, 0.15) is 11.6 Å². The van der Waals surface area contributed by atoms with E-state index in [1.807, 2.05) is 6.92 Å². The summed E-state index contributed by atoms with van der Waals surface area (Å²) in [7, 11) is 0. The number of hydrogen-bond acceptors (Lipinski definition) is 1. The van der Waals surface area contributed by atoms with Crippen LogP contribution >= 0.6 is 0 Å². The van der Waals surface area contributed by atoms with Crippen molar-refractivity contribution in [2.24, 2.45) is 0 Å². The molecule has 0 saturated carbocycles. The topological polar surface area (TPSA) is 9.23 Å². The van der Waals surface area contributed by atoms with Gasteiger partial charge in [0.2, 0.25) is 0 Å². The zero-order chi connectivity index (χ0) is 12.4. The van der Waals surface area contributed by atoms with Crippen LogP contribution in [0.4, 0.5) is 4.39 Å². The van der Waals surface area contributed by atoms with Crippen LogP contribution in [-0.2, 0) is 4.74 Å². The molecule has 0 bridgehead atoms. The molecule has 0 aliphatic rings. The van der Waals surface area contributed by atoms with Gasteiger partial charge in [-0.1, -0.05) is 33.3 Å². The van der Waals surface area contributed by atoms with Crippen LogP contribution in [0, 0.1) is 0 Å². The lowest BCUT2D eigenvalue weighted by Gasteiger charge is -2.18. The third kappa shape index (κ3) is 6.44. The SMILES string of the molecule is C=C/C(F)=C\C(=C/C)OC(CCC)CCC. The Morgan fingerprint density at radius 3 is 2.25 bits per heavy atom. The van der Waals surface area contributed by atoms with E-state index in [0.29, 0.717) is 5.76 Å². The van der Waals surface area contributed by atoms with Gasteiger partial charge in [-0.05, 0) is 31.9 Å². The van der Waals surface area contributed by atoms with E-state index in [-0.39, 0.29) is 11.9 Å². The molecule has 2 heteroatoms. The van der Waals surface area contributed by atoms with Gasteiger partial charge >= 0.3 is 0 Å². The fourth-order valence-corrected chi connectivity index (χ4v) is 1.48. The Morgan fingerprint density at radius 1 is 1.31 bits per heavy atom. The van der Waals surface area contributed by atoms with E-state index in [4.69, 9.17) is 4.74 Å². The van der Waals surface area contributed by atoms with E-state index in [1.54, 1.807) is 6.08 Å². The average Bonchev–Trinajstić information content (AvgIpc) is 2.28. The van der Waals surface area contributed by atoms with Gasteiger partial charge < -0.3 is 4.74 Å². The number of hydrogen-bond donors (Lipinski definition) is 0. The van der Waals surface area contributed by atoms with Crippen molar-refractivity contribution < 1.29 is 9.13 Å². The number of allylic oxidation sites excluding steroid dienone is 4. The first kappa shape index (κ1) is 14.9. The second-order valence-corrected chi connectivity index (χ2v) is 3.74. The first-order valence-corrected chi connectivity index (χ1v) is 6.00. The Kier molecular flexibility index (Phi) is 8.59. The van der Waals surface area contributed by atoms with Crippen molar-refractivity contribution in [1.82, 2.24) is 0 Å². The highest BCUT2D eigenvalue weighted by atomic mass is 19.1. The van der Waals surface area contributed by atoms with Gasteiger partial charge in [0.15, 0.2) is 0 Å². The Morgan fingerprint density at radius 2 is 1.88 bits per heavy atom. The molecule has 0 aliphatic heterocycles. The molecular weight excluding hydrogens is 203 g/mol. The Labute approximate surface area is 98.7 Å². The van der Waals surface area contributed by atoms with Gasteiger partial charge in [-0.3, -0.25) is 0 Å². The van der Waals surface area contributed by atoms with Crippen LogP contribution in [0.5, 0.6) is 0 Å². The minimum Gasteiger partial charge on any atom is -0.491 e. The minimum absolute atomic E-state index is 0.190. The van der Waals surface area contributed by atoms with E-state index in [0.717, 1.165) is 25.7 Å². The van der Waals surface area contributed by atoms with Gasteiger partial charge in [-0.2, -0.15) is 0 Å². The smallest absolute Gasteiger partial charge is 0.126 e. The van der Waals surface area contributed by atoms with Gasteiger partial charge in [-0.25, -0.2) is 4.39 Å². The second kappa shape index (κ2) is 9.20. The number of rotatable bonds is 8. The molecular formula is C14H23FO. The maximum atomic E-state index is 13.0. The molecule has 0 radical (unpaired) electrons. The van der Waals surface area contributed by atoms with Crippen molar-refractivity contribution in [2.75, 3.05) is 0 Å². The summed E-state index contributed by atoms with van der Waals surface area (Å²) in [6.45, 7) is 9.47. The summed E-state index contributed by atoms with van der Waals surface area (Å²) in [5, 5.41) is 0. The van der Waals surface area contributed by atoms with Crippen molar-refractivity contribution in [3.05, 3.63) is 36.4 Å². The summed E-state index contributed by atoms with van der Waals surface area (Å²) in [5.41, 5.74) is 0. The molecule has 0 spiro atoms. The van der Waals surface area contributed by atoms with Crippen LogP contribution in [0.3, 0.4) is 0 Å². The zero-order valence-electron chi connectivity index (χ0n) is 10.6. The molecule has 0 aromatic rings. The van der Waals surface area contributed by atoms with E-state index >= 15 is 0 Å². The Bertz CT molecular complexity index is 247. The van der Waals surface area contributed by atoms with Gasteiger partial charge in [0.05, 0.1) is 6.10 Å². The monoisotopic (exact) mass is 226 g/mol. The molecule has 0 unspecified atom stereocenters. The quantitative estimate of drug-likeness (QED) is 0.422. The lowest BCUT2D eigenvalue weighted by molar-refractivity contribution is 0.107. The summed E-state index contributed by atoms with van der Waals surface area (Å²) in [5.74, 6) is 0.226. The summed E-state index contributed by atoms with van der Waals surface area (Å²) in [6.07, 6.45) is 8.71. The van der Waals surface area contributed by atoms with Crippen LogP contribution in [-0.4, -0.2) is 6.10 Å². The molecule has 0 rings (SSSR count). The van der Waals surface area contributed by atoms with Gasteiger partial charge in [0, 0.05) is 6.08 Å². The fourth-order valence-electron chi connectivity index (χ4n) is 1.48. The highest BCUT2D eigenvalue weighted by Crippen LogP contribution is 2.16. The van der Waals surface area contributed by atoms with Crippen molar-refractivity contribution in [3.8, 4) is 0 Å². The first-order valence-electron chi connectivity index (χ1n) is 6.00. The van der Waals surface area contributed by atoms with Crippen LogP contribution in [0.1, 0.15) is 46.5 Å². The molecule has 92 valence electrons. The van der Waals surface area contributed by atoms with Crippen LogP contribution in [0.15, 0.2) is 36.4 Å². The predicted octanol–water partition coefficient (Wildman–Crippen LogP) is 4.92. The molecule has 0 saturated heterocycles. The van der Waals surface area contributed by atoms with Gasteiger partial charge in [-0.15, -0.1) is 0 Å². The molecule has 0 amide bonds. The van der Waals surface area contributed by atoms with E-state index < -0.39 is 0 Å². The van der Waals surface area contributed by atoms with Crippen molar-refractivity contribution in [2.45, 2.75) is 52.6 Å². The van der Waals surface area contributed by atoms with Crippen LogP contribution < -0.4 is 0 Å². The summed E-state index contributed by atoms with van der Waals surface area (Å²) >= 11 is 0. The summed E-state index contributed by atoms with van der Waals surface area (Å²) in [4.78, 5) is 0. The van der Waals surface area contributed by atoms with Crippen LogP contribution in [0.2, 0.25) is 0 Å². The highest BCUT2D eigenvalue weighted by Gasteiger charge is 2.08. The molecule has 0 atom stereocenters. The van der Waals surface area contributed by atoms with E-state index in [9.17, 15) is 4.39 Å². The summed E-state index contributed by atoms with van der Waals surface area (Å²) in [6, 6.07) is 0. The zero-order valence-corrected chi connectivity index (χ0v) is 10.6. The standard InChI is InChI=1S/C14H23FO/c1-5-9-14(10-6-2)16-13(8-4)11-12(15)7-3/h7-8,11,14H,3,5-6,9-10H2,1-2,4H3/b12-11+,13-8+. The maximum absolute atomic E-state index is 13.0. The Balaban J connectivity index is 4.43. The van der Waals surface area contributed by atoms with E-state index in [1.165, 1.54) is 12.2 Å². The third-order valence-electron chi connectivity index (χ3n) is 2.28.